The minimum Gasteiger partial charge on any atom is -0.357 e. The Morgan fingerprint density at radius 2 is 1.91 bits per heavy atom. The quantitative estimate of drug-likeness (QED) is 0.248. The van der Waals surface area contributed by atoms with Gasteiger partial charge in [0.2, 0.25) is 0 Å². The maximum Gasteiger partial charge on any atom is 0.188 e. The van der Waals surface area contributed by atoms with Gasteiger partial charge in [0, 0.05) is 24.2 Å². The molecule has 0 aliphatic carbocycles. The largest absolute Gasteiger partial charge is 0.357 e. The average molecular weight is 317 g/mol. The lowest BCUT2D eigenvalue weighted by Gasteiger charge is -2.09. The fourth-order valence-electron chi connectivity index (χ4n) is 1.97. The normalized spacial score (nSPS) is 10.4. The molecule has 0 unspecified atom stereocenters. The molecule has 22 heavy (non-hydrogen) atoms. The van der Waals surface area contributed by atoms with E-state index in [1.165, 1.54) is 4.90 Å². The van der Waals surface area contributed by atoms with Crippen LogP contribution in [0.3, 0.4) is 0 Å². The van der Waals surface area contributed by atoms with Crippen LogP contribution in [0, 0.1) is 5.41 Å². The SMILES string of the molecule is N=C(NCCCSc1ccccc1)NCCCc1c[nH]cn1. The van der Waals surface area contributed by atoms with Gasteiger partial charge < -0.3 is 15.6 Å². The Balaban J connectivity index is 1.44. The van der Waals surface area contributed by atoms with E-state index >= 15 is 0 Å². The molecule has 1 aromatic heterocycles. The van der Waals surface area contributed by atoms with E-state index in [-0.39, 0.29) is 0 Å². The van der Waals surface area contributed by atoms with E-state index in [9.17, 15) is 0 Å². The molecule has 0 saturated heterocycles. The first-order chi connectivity index (χ1) is 10.8. The van der Waals surface area contributed by atoms with Gasteiger partial charge in [0.1, 0.15) is 0 Å². The zero-order valence-electron chi connectivity index (χ0n) is 12.6. The summed E-state index contributed by atoms with van der Waals surface area (Å²) in [4.78, 5) is 8.42. The molecule has 0 amide bonds. The third-order valence-electron chi connectivity index (χ3n) is 3.10. The first-order valence-electron chi connectivity index (χ1n) is 7.56. The standard InChI is InChI=1S/C16H23N5S/c17-16(19-9-4-6-14-12-18-13-21-14)20-10-5-11-22-15-7-2-1-3-8-15/h1-3,7-8,12-13H,4-6,9-11H2,(H,18,21)(H3,17,19,20). The molecule has 118 valence electrons. The summed E-state index contributed by atoms with van der Waals surface area (Å²) in [6, 6.07) is 10.4. The van der Waals surface area contributed by atoms with Crippen LogP contribution in [0.5, 0.6) is 0 Å². The van der Waals surface area contributed by atoms with Crippen molar-refractivity contribution in [3.8, 4) is 0 Å². The van der Waals surface area contributed by atoms with Gasteiger partial charge in [-0.1, -0.05) is 18.2 Å². The highest BCUT2D eigenvalue weighted by atomic mass is 32.2. The molecule has 4 N–H and O–H groups in total. The summed E-state index contributed by atoms with van der Waals surface area (Å²) in [5.74, 6) is 1.47. The fourth-order valence-corrected chi connectivity index (χ4v) is 2.84. The molecule has 0 saturated carbocycles. The van der Waals surface area contributed by atoms with Gasteiger partial charge in [-0.25, -0.2) is 4.98 Å². The van der Waals surface area contributed by atoms with Crippen LogP contribution in [-0.2, 0) is 6.42 Å². The second-order valence-corrected chi connectivity index (χ2v) is 6.08. The van der Waals surface area contributed by atoms with E-state index in [4.69, 9.17) is 5.41 Å². The highest BCUT2D eigenvalue weighted by Crippen LogP contribution is 2.17. The molecule has 0 atom stereocenters. The van der Waals surface area contributed by atoms with Crippen molar-refractivity contribution in [2.24, 2.45) is 0 Å². The number of nitrogens with one attached hydrogen (secondary N) is 4. The molecule has 0 aliphatic rings. The Morgan fingerprint density at radius 1 is 1.14 bits per heavy atom. The number of aromatic nitrogens is 2. The third kappa shape index (κ3) is 6.67. The molecular weight excluding hydrogens is 294 g/mol. The predicted octanol–water partition coefficient (Wildman–Crippen LogP) is 2.64. The van der Waals surface area contributed by atoms with E-state index in [0.29, 0.717) is 5.96 Å². The summed E-state index contributed by atoms with van der Waals surface area (Å²) in [5.41, 5.74) is 1.07. The molecule has 1 aromatic carbocycles. The lowest BCUT2D eigenvalue weighted by atomic mass is 10.2. The van der Waals surface area contributed by atoms with Crippen molar-refractivity contribution in [1.29, 1.82) is 5.41 Å². The summed E-state index contributed by atoms with van der Waals surface area (Å²) in [6.45, 7) is 1.61. The van der Waals surface area contributed by atoms with Crippen LogP contribution in [0.15, 0.2) is 47.8 Å². The summed E-state index contributed by atoms with van der Waals surface area (Å²) >= 11 is 1.85. The molecule has 0 radical (unpaired) electrons. The van der Waals surface area contributed by atoms with Crippen LogP contribution in [0.4, 0.5) is 0 Å². The van der Waals surface area contributed by atoms with Crippen molar-refractivity contribution in [1.82, 2.24) is 20.6 Å². The van der Waals surface area contributed by atoms with E-state index in [1.54, 1.807) is 6.33 Å². The average Bonchev–Trinajstić information content (AvgIpc) is 3.06. The van der Waals surface area contributed by atoms with Gasteiger partial charge >= 0.3 is 0 Å². The molecule has 6 heteroatoms. The molecule has 0 aliphatic heterocycles. The van der Waals surface area contributed by atoms with Gasteiger partial charge in [-0.3, -0.25) is 5.41 Å². The number of guanidine groups is 1. The van der Waals surface area contributed by atoms with E-state index in [1.807, 2.05) is 24.0 Å². The van der Waals surface area contributed by atoms with Crippen molar-refractivity contribution < 1.29 is 0 Å². The number of aryl methyl sites for hydroxylation is 1. The Kier molecular flexibility index (Phi) is 7.38. The smallest absolute Gasteiger partial charge is 0.188 e. The molecule has 2 aromatic rings. The van der Waals surface area contributed by atoms with Gasteiger partial charge in [0.15, 0.2) is 5.96 Å². The van der Waals surface area contributed by atoms with E-state index in [2.05, 4.69) is 44.9 Å². The molecule has 0 fully saturated rings. The summed E-state index contributed by atoms with van der Waals surface area (Å²) in [5, 5.41) is 14.0. The van der Waals surface area contributed by atoms with Gasteiger partial charge in [0.25, 0.3) is 0 Å². The Morgan fingerprint density at radius 3 is 2.64 bits per heavy atom. The zero-order chi connectivity index (χ0) is 15.5. The van der Waals surface area contributed by atoms with Gasteiger partial charge in [-0.05, 0) is 37.1 Å². The maximum absolute atomic E-state index is 7.79. The number of hydrogen-bond acceptors (Lipinski definition) is 3. The number of nitrogens with zero attached hydrogens (tertiary/aromatic N) is 1. The molecule has 2 rings (SSSR count). The van der Waals surface area contributed by atoms with Crippen molar-refractivity contribution in [2.75, 3.05) is 18.8 Å². The van der Waals surface area contributed by atoms with Crippen molar-refractivity contribution in [3.05, 3.63) is 48.5 Å². The molecule has 0 spiro atoms. The summed E-state index contributed by atoms with van der Waals surface area (Å²) in [7, 11) is 0. The lowest BCUT2D eigenvalue weighted by molar-refractivity contribution is 0.727. The highest BCUT2D eigenvalue weighted by molar-refractivity contribution is 7.99. The van der Waals surface area contributed by atoms with Gasteiger partial charge in [-0.2, -0.15) is 0 Å². The van der Waals surface area contributed by atoms with Crippen molar-refractivity contribution in [2.45, 2.75) is 24.2 Å². The minimum absolute atomic E-state index is 0.409. The second-order valence-electron chi connectivity index (χ2n) is 4.91. The Labute approximate surface area is 135 Å². The van der Waals surface area contributed by atoms with Crippen molar-refractivity contribution in [3.63, 3.8) is 0 Å². The summed E-state index contributed by atoms with van der Waals surface area (Å²) in [6.07, 6.45) is 6.54. The van der Waals surface area contributed by atoms with Crippen LogP contribution in [-0.4, -0.2) is 34.8 Å². The number of rotatable bonds is 9. The maximum atomic E-state index is 7.79. The van der Waals surface area contributed by atoms with E-state index in [0.717, 1.165) is 43.8 Å². The third-order valence-corrected chi connectivity index (χ3v) is 4.20. The number of benzene rings is 1. The lowest BCUT2D eigenvalue weighted by Crippen LogP contribution is -2.37. The van der Waals surface area contributed by atoms with Crippen molar-refractivity contribution >= 4 is 17.7 Å². The Hall–Kier alpha value is -1.95. The van der Waals surface area contributed by atoms with Crippen LogP contribution in [0.1, 0.15) is 18.5 Å². The van der Waals surface area contributed by atoms with Gasteiger partial charge in [0.05, 0.1) is 12.0 Å². The topological polar surface area (TPSA) is 76.6 Å². The summed E-state index contributed by atoms with van der Waals surface area (Å²) < 4.78 is 0. The minimum atomic E-state index is 0.409. The first kappa shape index (κ1) is 16.4. The van der Waals surface area contributed by atoms with Gasteiger partial charge in [-0.15, -0.1) is 11.8 Å². The fraction of sp³-hybridized carbons (Fsp3) is 0.375. The van der Waals surface area contributed by atoms with Crippen LogP contribution in [0.25, 0.3) is 0 Å². The first-order valence-corrected chi connectivity index (χ1v) is 8.55. The zero-order valence-corrected chi connectivity index (χ0v) is 13.5. The molecule has 1 heterocycles. The molecular formula is C16H23N5S. The Bertz CT molecular complexity index is 527. The highest BCUT2D eigenvalue weighted by Gasteiger charge is 1.98. The number of H-pyrrole nitrogens is 1. The number of thioether (sulfide) groups is 1. The molecule has 0 bridgehead atoms. The van der Waals surface area contributed by atoms with Crippen LogP contribution >= 0.6 is 11.8 Å². The number of imidazole rings is 1. The van der Waals surface area contributed by atoms with Crippen LogP contribution < -0.4 is 10.6 Å². The second kappa shape index (κ2) is 9.89. The van der Waals surface area contributed by atoms with Crippen LogP contribution in [0.2, 0.25) is 0 Å². The van der Waals surface area contributed by atoms with E-state index < -0.39 is 0 Å². The molecule has 5 nitrogen and oxygen atoms in total. The number of hydrogen-bond donors (Lipinski definition) is 4. The predicted molar refractivity (Wildman–Crippen MR) is 92.4 cm³/mol. The monoisotopic (exact) mass is 317 g/mol. The number of aromatic amines is 1.